The van der Waals surface area contributed by atoms with E-state index in [4.69, 9.17) is 18.9 Å². The number of amides is 1. The lowest BCUT2D eigenvalue weighted by molar-refractivity contribution is -0.124. The monoisotopic (exact) mass is 402 g/mol. The Morgan fingerprint density at radius 3 is 2.62 bits per heavy atom. The van der Waals surface area contributed by atoms with Crippen molar-refractivity contribution in [3.05, 3.63) is 46.3 Å². The van der Waals surface area contributed by atoms with Crippen LogP contribution < -0.4 is 14.8 Å². The minimum absolute atomic E-state index is 0.111. The van der Waals surface area contributed by atoms with Gasteiger partial charge in [-0.2, -0.15) is 0 Å². The number of carbonyl (C=O) groups excluding carboxylic acids is 3. The number of benzene rings is 1. The van der Waals surface area contributed by atoms with Crippen molar-refractivity contribution in [3.8, 4) is 11.5 Å². The van der Waals surface area contributed by atoms with Crippen molar-refractivity contribution >= 4 is 17.8 Å². The molecule has 9 nitrogen and oxygen atoms in total. The van der Waals surface area contributed by atoms with Crippen LogP contribution >= 0.6 is 0 Å². The van der Waals surface area contributed by atoms with Gasteiger partial charge in [0.05, 0.1) is 18.7 Å². The summed E-state index contributed by atoms with van der Waals surface area (Å²) >= 11 is 0. The van der Waals surface area contributed by atoms with Gasteiger partial charge in [-0.3, -0.25) is 4.79 Å². The predicted octanol–water partition coefficient (Wildman–Crippen LogP) is 2.18. The number of aryl methyl sites for hydroxylation is 1. The number of rotatable bonds is 6. The first-order valence-corrected chi connectivity index (χ1v) is 8.95. The number of methoxy groups -OCH3 is 1. The van der Waals surface area contributed by atoms with Gasteiger partial charge in [-0.1, -0.05) is 6.07 Å². The zero-order valence-electron chi connectivity index (χ0n) is 16.6. The average Bonchev–Trinajstić information content (AvgIpc) is 3.28. The summed E-state index contributed by atoms with van der Waals surface area (Å²) < 4.78 is 20.4. The number of nitrogens with one attached hydrogen (secondary N) is 2. The molecule has 29 heavy (non-hydrogen) atoms. The van der Waals surface area contributed by atoms with Crippen molar-refractivity contribution in [2.75, 3.05) is 20.5 Å². The first-order valence-electron chi connectivity index (χ1n) is 8.95. The van der Waals surface area contributed by atoms with E-state index in [-0.39, 0.29) is 24.1 Å². The molecule has 1 atom stereocenters. The Morgan fingerprint density at radius 1 is 1.17 bits per heavy atom. The van der Waals surface area contributed by atoms with Gasteiger partial charge < -0.3 is 29.2 Å². The summed E-state index contributed by atoms with van der Waals surface area (Å²) in [4.78, 5) is 39.1. The summed E-state index contributed by atoms with van der Waals surface area (Å²) in [5.41, 5.74) is 2.11. The van der Waals surface area contributed by atoms with Gasteiger partial charge in [0.15, 0.2) is 18.1 Å². The number of aromatic amines is 1. The van der Waals surface area contributed by atoms with Gasteiger partial charge in [0, 0.05) is 5.69 Å². The fourth-order valence-electron chi connectivity index (χ4n) is 3.11. The molecule has 1 unspecified atom stereocenters. The molecule has 0 fully saturated rings. The normalized spacial score (nSPS) is 13.0. The highest BCUT2D eigenvalue weighted by atomic mass is 16.7. The molecule has 2 heterocycles. The first kappa shape index (κ1) is 20.2. The Bertz CT molecular complexity index is 964. The summed E-state index contributed by atoms with van der Waals surface area (Å²) in [6, 6.07) is 5.06. The van der Waals surface area contributed by atoms with Gasteiger partial charge in [-0.25, -0.2) is 9.59 Å². The molecule has 0 saturated heterocycles. The molecule has 0 aliphatic carbocycles. The lowest BCUT2D eigenvalue weighted by Gasteiger charge is -2.15. The number of hydrogen-bond acceptors (Lipinski definition) is 7. The van der Waals surface area contributed by atoms with Gasteiger partial charge >= 0.3 is 11.9 Å². The van der Waals surface area contributed by atoms with Crippen LogP contribution in [0.2, 0.25) is 0 Å². The molecule has 0 bridgehead atoms. The summed E-state index contributed by atoms with van der Waals surface area (Å²) in [6.07, 6.45) is 0. The summed E-state index contributed by atoms with van der Waals surface area (Å²) in [6.45, 7) is 4.77. The highest BCUT2D eigenvalue weighted by Crippen LogP contribution is 2.34. The maximum absolute atomic E-state index is 12.3. The second kappa shape index (κ2) is 8.26. The van der Waals surface area contributed by atoms with E-state index in [2.05, 4.69) is 10.3 Å². The van der Waals surface area contributed by atoms with E-state index in [1.54, 1.807) is 32.9 Å². The lowest BCUT2D eigenvalue weighted by Crippen LogP contribution is -2.31. The van der Waals surface area contributed by atoms with E-state index < -0.39 is 24.5 Å². The minimum Gasteiger partial charge on any atom is -0.465 e. The quantitative estimate of drug-likeness (QED) is 0.712. The molecule has 2 N–H and O–H groups in total. The lowest BCUT2D eigenvalue weighted by atomic mass is 10.1. The molecule has 1 aromatic heterocycles. The van der Waals surface area contributed by atoms with Crippen molar-refractivity contribution in [2.45, 2.75) is 26.8 Å². The van der Waals surface area contributed by atoms with Crippen molar-refractivity contribution in [1.29, 1.82) is 0 Å². The Hall–Kier alpha value is -3.49. The van der Waals surface area contributed by atoms with Gasteiger partial charge in [0.25, 0.3) is 5.91 Å². The minimum atomic E-state index is -0.730. The van der Waals surface area contributed by atoms with Gasteiger partial charge in [-0.15, -0.1) is 0 Å². The topological polar surface area (TPSA) is 116 Å². The molecule has 2 aromatic rings. The number of fused-ring (bicyclic) bond motifs is 1. The Balaban J connectivity index is 1.58. The maximum atomic E-state index is 12.3. The highest BCUT2D eigenvalue weighted by molar-refractivity contribution is 5.99. The van der Waals surface area contributed by atoms with Crippen LogP contribution in [0.15, 0.2) is 18.2 Å². The molecule has 0 radical (unpaired) electrons. The third-order valence-corrected chi connectivity index (χ3v) is 4.64. The highest BCUT2D eigenvalue weighted by Gasteiger charge is 2.24. The zero-order chi connectivity index (χ0) is 21.1. The van der Waals surface area contributed by atoms with Crippen molar-refractivity contribution in [2.24, 2.45) is 0 Å². The molecule has 1 aliphatic rings. The first-order chi connectivity index (χ1) is 13.8. The summed E-state index contributed by atoms with van der Waals surface area (Å²) in [5.74, 6) is -0.465. The molecular weight excluding hydrogens is 380 g/mol. The van der Waals surface area contributed by atoms with Crippen LogP contribution in [0.3, 0.4) is 0 Å². The van der Waals surface area contributed by atoms with Gasteiger partial charge in [-0.05, 0) is 44.0 Å². The molecule has 9 heteroatoms. The zero-order valence-corrected chi connectivity index (χ0v) is 16.6. The molecule has 1 aromatic carbocycles. The number of carbonyl (C=O) groups is 3. The average molecular weight is 402 g/mol. The number of H-pyrrole nitrogens is 1. The van der Waals surface area contributed by atoms with E-state index in [0.717, 1.165) is 5.56 Å². The maximum Gasteiger partial charge on any atom is 0.355 e. The largest absolute Gasteiger partial charge is 0.465 e. The standard InChI is InChI=1S/C20H22N2O7/c1-10-17(19(24)26-4)12(3)22-18(10)20(25)27-8-16(23)21-11(2)13-5-6-14-15(7-13)29-9-28-14/h5-7,11,22H,8-9H2,1-4H3,(H,21,23). The van der Waals surface area contributed by atoms with Crippen LogP contribution in [0.5, 0.6) is 11.5 Å². The molecule has 1 aliphatic heterocycles. The molecular formula is C20H22N2O7. The fourth-order valence-corrected chi connectivity index (χ4v) is 3.11. The van der Waals surface area contributed by atoms with Crippen LogP contribution in [-0.2, 0) is 14.3 Å². The van der Waals surface area contributed by atoms with Gasteiger partial charge in [0.1, 0.15) is 5.69 Å². The fraction of sp³-hybridized carbons (Fsp3) is 0.350. The van der Waals surface area contributed by atoms with Crippen molar-refractivity contribution in [1.82, 2.24) is 10.3 Å². The molecule has 0 spiro atoms. The predicted molar refractivity (Wildman–Crippen MR) is 101 cm³/mol. The smallest absolute Gasteiger partial charge is 0.355 e. The molecule has 1 amide bonds. The number of ether oxygens (including phenoxy) is 4. The van der Waals surface area contributed by atoms with Crippen LogP contribution in [-0.4, -0.2) is 43.3 Å². The number of hydrogen-bond donors (Lipinski definition) is 2. The van der Waals surface area contributed by atoms with E-state index in [1.165, 1.54) is 7.11 Å². The SMILES string of the molecule is COC(=O)c1c(C)[nH]c(C(=O)OCC(=O)NC(C)c2ccc3c(c2)OCO3)c1C. The molecule has 3 rings (SSSR count). The number of esters is 2. The third kappa shape index (κ3) is 4.18. The Morgan fingerprint density at radius 2 is 1.90 bits per heavy atom. The third-order valence-electron chi connectivity index (χ3n) is 4.64. The van der Waals surface area contributed by atoms with Crippen LogP contribution in [0, 0.1) is 13.8 Å². The molecule has 0 saturated carbocycles. The van der Waals surface area contributed by atoms with Crippen molar-refractivity contribution in [3.63, 3.8) is 0 Å². The van der Waals surface area contributed by atoms with Crippen LogP contribution in [0.1, 0.15) is 50.6 Å². The second-order valence-electron chi connectivity index (χ2n) is 6.59. The van der Waals surface area contributed by atoms with E-state index in [1.807, 2.05) is 6.07 Å². The van der Waals surface area contributed by atoms with Crippen LogP contribution in [0.25, 0.3) is 0 Å². The second-order valence-corrected chi connectivity index (χ2v) is 6.59. The Kier molecular flexibility index (Phi) is 5.76. The van der Waals surface area contributed by atoms with E-state index in [0.29, 0.717) is 22.8 Å². The van der Waals surface area contributed by atoms with Crippen molar-refractivity contribution < 1.29 is 33.3 Å². The number of aromatic nitrogens is 1. The Labute approximate surface area is 167 Å². The van der Waals surface area contributed by atoms with E-state index >= 15 is 0 Å². The van der Waals surface area contributed by atoms with Crippen LogP contribution in [0.4, 0.5) is 0 Å². The molecule has 154 valence electrons. The summed E-state index contributed by atoms with van der Waals surface area (Å²) in [7, 11) is 1.26. The van der Waals surface area contributed by atoms with E-state index in [9.17, 15) is 14.4 Å². The summed E-state index contributed by atoms with van der Waals surface area (Å²) in [5, 5.41) is 2.76. The van der Waals surface area contributed by atoms with Gasteiger partial charge in [0.2, 0.25) is 6.79 Å².